The van der Waals surface area contributed by atoms with Gasteiger partial charge in [0, 0.05) is 19.2 Å². The zero-order valence-corrected chi connectivity index (χ0v) is 18.2. The summed E-state index contributed by atoms with van der Waals surface area (Å²) >= 11 is 0. The fourth-order valence-electron chi connectivity index (χ4n) is 2.89. The third-order valence-corrected chi connectivity index (χ3v) is 4.19. The lowest BCUT2D eigenvalue weighted by molar-refractivity contribution is 0.223. The lowest BCUT2D eigenvalue weighted by Gasteiger charge is -2.18. The predicted molar refractivity (Wildman–Crippen MR) is 120 cm³/mol. The molecule has 6 nitrogen and oxygen atoms in total. The standard InChI is InChI=1S/C23H34N4O2/c1-6-24-23(26-16-19-9-7-10-20(13-19)17-27(3)4)25-15-18(2)29-22-12-8-11-21(14-22)28-5/h7-14,18H,6,15-17H2,1-5H3,(H2,24,25,26). The monoisotopic (exact) mass is 398 g/mol. The number of aliphatic imine (C=N–C) groups is 1. The van der Waals surface area contributed by atoms with Crippen LogP contribution >= 0.6 is 0 Å². The van der Waals surface area contributed by atoms with E-state index in [4.69, 9.17) is 14.5 Å². The highest BCUT2D eigenvalue weighted by Crippen LogP contribution is 2.19. The average molecular weight is 399 g/mol. The van der Waals surface area contributed by atoms with Gasteiger partial charge in [-0.05, 0) is 51.2 Å². The number of benzene rings is 2. The Hall–Kier alpha value is -2.73. The molecule has 2 N–H and O–H groups in total. The van der Waals surface area contributed by atoms with Crippen LogP contribution in [0, 0.1) is 0 Å². The molecule has 2 aromatic carbocycles. The average Bonchev–Trinajstić information content (AvgIpc) is 2.70. The van der Waals surface area contributed by atoms with Gasteiger partial charge in [-0.1, -0.05) is 30.3 Å². The zero-order chi connectivity index (χ0) is 21.1. The molecule has 0 aliphatic rings. The Labute approximate surface area is 174 Å². The van der Waals surface area contributed by atoms with Crippen molar-refractivity contribution in [1.82, 2.24) is 15.5 Å². The molecule has 0 radical (unpaired) electrons. The Bertz CT molecular complexity index is 777. The van der Waals surface area contributed by atoms with Gasteiger partial charge in [0.2, 0.25) is 0 Å². The molecule has 158 valence electrons. The first kappa shape index (κ1) is 22.6. The van der Waals surface area contributed by atoms with E-state index in [2.05, 4.69) is 60.8 Å². The van der Waals surface area contributed by atoms with Gasteiger partial charge in [0.25, 0.3) is 0 Å². The molecule has 0 aromatic heterocycles. The second-order valence-corrected chi connectivity index (χ2v) is 7.24. The number of guanidine groups is 1. The van der Waals surface area contributed by atoms with E-state index >= 15 is 0 Å². The van der Waals surface area contributed by atoms with Crippen LogP contribution in [-0.4, -0.2) is 51.3 Å². The van der Waals surface area contributed by atoms with E-state index in [1.165, 1.54) is 11.1 Å². The Morgan fingerprint density at radius 1 is 1.03 bits per heavy atom. The molecule has 0 aliphatic heterocycles. The van der Waals surface area contributed by atoms with Crippen LogP contribution in [0.3, 0.4) is 0 Å². The maximum absolute atomic E-state index is 5.97. The summed E-state index contributed by atoms with van der Waals surface area (Å²) in [5.41, 5.74) is 2.49. The van der Waals surface area contributed by atoms with E-state index < -0.39 is 0 Å². The lowest BCUT2D eigenvalue weighted by Crippen LogP contribution is -2.41. The quantitative estimate of drug-likeness (QED) is 0.475. The normalized spacial score (nSPS) is 12.6. The highest BCUT2D eigenvalue weighted by Gasteiger charge is 2.07. The van der Waals surface area contributed by atoms with Crippen molar-refractivity contribution in [3.05, 3.63) is 59.7 Å². The Morgan fingerprint density at radius 2 is 1.76 bits per heavy atom. The molecule has 0 spiro atoms. The van der Waals surface area contributed by atoms with Gasteiger partial charge >= 0.3 is 0 Å². The van der Waals surface area contributed by atoms with Crippen molar-refractivity contribution in [3.8, 4) is 11.5 Å². The molecule has 2 aromatic rings. The minimum Gasteiger partial charge on any atom is -0.497 e. The Kier molecular flexibility index (Phi) is 9.31. The van der Waals surface area contributed by atoms with Gasteiger partial charge in [-0.2, -0.15) is 0 Å². The van der Waals surface area contributed by atoms with Gasteiger partial charge in [-0.3, -0.25) is 0 Å². The molecular weight excluding hydrogens is 364 g/mol. The summed E-state index contributed by atoms with van der Waals surface area (Å²) in [6, 6.07) is 16.2. The van der Waals surface area contributed by atoms with E-state index in [1.54, 1.807) is 7.11 Å². The van der Waals surface area contributed by atoms with Crippen LogP contribution in [0.15, 0.2) is 53.5 Å². The minimum absolute atomic E-state index is 0.0191. The van der Waals surface area contributed by atoms with Crippen LogP contribution in [0.1, 0.15) is 25.0 Å². The first-order valence-corrected chi connectivity index (χ1v) is 10.1. The number of hydrogen-bond acceptors (Lipinski definition) is 4. The van der Waals surface area contributed by atoms with Gasteiger partial charge in [0.15, 0.2) is 5.96 Å². The van der Waals surface area contributed by atoms with Crippen LogP contribution in [0.2, 0.25) is 0 Å². The van der Waals surface area contributed by atoms with Gasteiger partial charge in [0.1, 0.15) is 17.6 Å². The molecule has 0 fully saturated rings. The largest absolute Gasteiger partial charge is 0.497 e. The van der Waals surface area contributed by atoms with Crippen molar-refractivity contribution in [2.24, 2.45) is 4.99 Å². The molecule has 0 heterocycles. The third-order valence-electron chi connectivity index (χ3n) is 4.19. The van der Waals surface area contributed by atoms with E-state index in [-0.39, 0.29) is 6.10 Å². The van der Waals surface area contributed by atoms with Crippen molar-refractivity contribution in [2.75, 3.05) is 34.3 Å². The van der Waals surface area contributed by atoms with E-state index in [1.807, 2.05) is 31.2 Å². The lowest BCUT2D eigenvalue weighted by atomic mass is 10.1. The summed E-state index contributed by atoms with van der Waals surface area (Å²) in [6.45, 7) is 7.09. The fourth-order valence-corrected chi connectivity index (χ4v) is 2.89. The number of nitrogens with zero attached hydrogens (tertiary/aromatic N) is 2. The summed E-state index contributed by atoms with van der Waals surface area (Å²) in [5, 5.41) is 6.65. The van der Waals surface area contributed by atoms with Gasteiger partial charge in [-0.25, -0.2) is 4.99 Å². The first-order valence-electron chi connectivity index (χ1n) is 10.1. The topological polar surface area (TPSA) is 58.1 Å². The van der Waals surface area contributed by atoms with Gasteiger partial charge in [0.05, 0.1) is 20.2 Å². The van der Waals surface area contributed by atoms with E-state index in [0.29, 0.717) is 13.1 Å². The van der Waals surface area contributed by atoms with Crippen molar-refractivity contribution < 1.29 is 9.47 Å². The first-order chi connectivity index (χ1) is 14.0. The minimum atomic E-state index is -0.0191. The number of nitrogens with one attached hydrogen (secondary N) is 2. The molecule has 0 amide bonds. The Balaban J connectivity index is 1.91. The summed E-state index contributed by atoms with van der Waals surface area (Å²) in [7, 11) is 5.80. The van der Waals surface area contributed by atoms with E-state index in [9.17, 15) is 0 Å². The van der Waals surface area contributed by atoms with Gasteiger partial charge in [-0.15, -0.1) is 0 Å². The molecule has 29 heavy (non-hydrogen) atoms. The number of hydrogen-bond donors (Lipinski definition) is 2. The second-order valence-electron chi connectivity index (χ2n) is 7.24. The van der Waals surface area contributed by atoms with Crippen LogP contribution < -0.4 is 20.1 Å². The van der Waals surface area contributed by atoms with Gasteiger partial charge < -0.3 is 25.0 Å². The molecule has 1 unspecified atom stereocenters. The summed E-state index contributed by atoms with van der Waals surface area (Å²) in [5.74, 6) is 2.36. The van der Waals surface area contributed by atoms with Crippen molar-refractivity contribution in [3.63, 3.8) is 0 Å². The van der Waals surface area contributed by atoms with Crippen LogP contribution in [0.25, 0.3) is 0 Å². The highest BCUT2D eigenvalue weighted by molar-refractivity contribution is 5.79. The number of ether oxygens (including phenoxy) is 2. The summed E-state index contributed by atoms with van der Waals surface area (Å²) in [4.78, 5) is 6.88. The van der Waals surface area contributed by atoms with Crippen molar-refractivity contribution in [2.45, 2.75) is 33.0 Å². The summed E-state index contributed by atoms with van der Waals surface area (Å²) in [6.07, 6.45) is -0.0191. The zero-order valence-electron chi connectivity index (χ0n) is 18.2. The molecular formula is C23H34N4O2. The molecule has 0 saturated carbocycles. The molecule has 1 atom stereocenters. The third kappa shape index (κ3) is 8.44. The van der Waals surface area contributed by atoms with Crippen LogP contribution in [0.4, 0.5) is 0 Å². The second kappa shape index (κ2) is 12.0. The maximum atomic E-state index is 5.97. The van der Waals surface area contributed by atoms with Crippen LogP contribution in [0.5, 0.6) is 11.5 Å². The van der Waals surface area contributed by atoms with Crippen molar-refractivity contribution in [1.29, 1.82) is 0 Å². The fraction of sp³-hybridized carbons (Fsp3) is 0.435. The highest BCUT2D eigenvalue weighted by atomic mass is 16.5. The molecule has 0 bridgehead atoms. The SMILES string of the molecule is CCNC(=NCc1cccc(CN(C)C)c1)NCC(C)Oc1cccc(OC)c1. The maximum Gasteiger partial charge on any atom is 0.191 e. The molecule has 6 heteroatoms. The molecule has 0 saturated heterocycles. The predicted octanol–water partition coefficient (Wildman–Crippen LogP) is 3.28. The number of methoxy groups -OCH3 is 1. The molecule has 2 rings (SSSR count). The Morgan fingerprint density at radius 3 is 2.48 bits per heavy atom. The van der Waals surface area contributed by atoms with Crippen LogP contribution in [-0.2, 0) is 13.1 Å². The molecule has 0 aliphatic carbocycles. The van der Waals surface area contributed by atoms with Crippen molar-refractivity contribution >= 4 is 5.96 Å². The number of rotatable bonds is 10. The smallest absolute Gasteiger partial charge is 0.191 e. The van der Waals surface area contributed by atoms with E-state index in [0.717, 1.165) is 30.5 Å². The summed E-state index contributed by atoms with van der Waals surface area (Å²) < 4.78 is 11.2.